The number of nitrogens with zero attached hydrogens (tertiary/aromatic N) is 2. The van der Waals surface area contributed by atoms with Crippen molar-refractivity contribution in [2.75, 3.05) is 0 Å². The zero-order chi connectivity index (χ0) is 20.9. The fourth-order valence-corrected chi connectivity index (χ4v) is 3.25. The fourth-order valence-electron chi connectivity index (χ4n) is 2.62. The van der Waals surface area contributed by atoms with Crippen molar-refractivity contribution in [2.24, 2.45) is 10.2 Å². The number of rotatable bonds is 7. The number of hydrogen-bond acceptors (Lipinski definition) is 6. The minimum absolute atomic E-state index is 0.179. The summed E-state index contributed by atoms with van der Waals surface area (Å²) in [7, 11) is -4.55. The Balaban J connectivity index is 2.04. The summed E-state index contributed by atoms with van der Waals surface area (Å²) in [4.78, 5) is 25.4. The third-order valence-corrected chi connectivity index (χ3v) is 4.94. The van der Waals surface area contributed by atoms with Gasteiger partial charge < -0.3 is 0 Å². The van der Waals surface area contributed by atoms with Crippen LogP contribution < -0.4 is 0 Å². The molecule has 0 saturated carbocycles. The van der Waals surface area contributed by atoms with Gasteiger partial charge in [0.15, 0.2) is 17.6 Å². The molecule has 0 heterocycles. The Labute approximate surface area is 167 Å². The molecule has 0 radical (unpaired) electrons. The second-order valence-corrected chi connectivity index (χ2v) is 7.41. The predicted octanol–water partition coefficient (Wildman–Crippen LogP) is 4.15. The van der Waals surface area contributed by atoms with Gasteiger partial charge in [-0.3, -0.25) is 14.1 Å². The van der Waals surface area contributed by atoms with Gasteiger partial charge in [-0.05, 0) is 12.1 Å². The maximum absolute atomic E-state index is 12.9. The molecule has 0 aromatic heterocycles. The zero-order valence-electron chi connectivity index (χ0n) is 15.0. The van der Waals surface area contributed by atoms with Crippen molar-refractivity contribution in [1.29, 1.82) is 0 Å². The molecule has 0 amide bonds. The summed E-state index contributed by atoms with van der Waals surface area (Å²) in [5, 5.41) is 7.68. The van der Waals surface area contributed by atoms with Gasteiger partial charge in [0, 0.05) is 11.1 Å². The van der Waals surface area contributed by atoms with Crippen LogP contribution in [0.2, 0.25) is 0 Å². The topological polar surface area (TPSA) is 113 Å². The van der Waals surface area contributed by atoms with Crippen LogP contribution in [0.4, 0.5) is 5.69 Å². The highest BCUT2D eigenvalue weighted by Gasteiger charge is 2.29. The first-order valence-corrected chi connectivity index (χ1v) is 9.98. The normalized spacial score (nSPS) is 11.7. The number of benzene rings is 3. The van der Waals surface area contributed by atoms with Crippen LogP contribution in [0.1, 0.15) is 20.7 Å². The van der Waals surface area contributed by atoms with Gasteiger partial charge >= 0.3 is 0 Å². The van der Waals surface area contributed by atoms with Gasteiger partial charge in [-0.2, -0.15) is 18.6 Å². The molecule has 8 heteroatoms. The molecule has 146 valence electrons. The second kappa shape index (κ2) is 8.68. The maximum atomic E-state index is 12.9. The van der Waals surface area contributed by atoms with Crippen LogP contribution in [0.5, 0.6) is 0 Å². The first kappa shape index (κ1) is 20.2. The average Bonchev–Trinajstić information content (AvgIpc) is 2.74. The quantitative estimate of drug-likeness (QED) is 0.273. The van der Waals surface area contributed by atoms with E-state index < -0.39 is 32.6 Å². The summed E-state index contributed by atoms with van der Waals surface area (Å²) in [6.07, 6.45) is 0. The lowest BCUT2D eigenvalue weighted by atomic mass is 9.97. The van der Waals surface area contributed by atoms with E-state index in [1.54, 1.807) is 60.7 Å². The summed E-state index contributed by atoms with van der Waals surface area (Å²) < 4.78 is 32.4. The minimum Gasteiger partial charge on any atom is -0.291 e. The largest absolute Gasteiger partial charge is 0.296 e. The number of hydrogen-bond donors (Lipinski definition) is 1. The Kier molecular flexibility index (Phi) is 6.06. The Hall–Kier alpha value is -3.49. The number of azo groups is 1. The van der Waals surface area contributed by atoms with E-state index in [-0.39, 0.29) is 16.8 Å². The molecule has 3 aromatic carbocycles. The molecular weight excluding hydrogens is 392 g/mol. The predicted molar refractivity (Wildman–Crippen MR) is 106 cm³/mol. The van der Waals surface area contributed by atoms with E-state index in [1.165, 1.54) is 18.2 Å². The van der Waals surface area contributed by atoms with Gasteiger partial charge in [-0.25, -0.2) is 0 Å². The number of carbonyl (C=O) groups excluding carboxylic acids is 2. The molecule has 0 unspecified atom stereocenters. The van der Waals surface area contributed by atoms with E-state index in [9.17, 15) is 22.6 Å². The standard InChI is InChI=1S/C21H16N2O5S/c24-20(15-9-3-1-4-10-15)19(21(25)16-11-5-2-6-12-16)23-22-17-13-7-8-14-18(17)29(26,27)28/h1-14,19H,(H,26,27,28). The van der Waals surface area contributed by atoms with E-state index in [0.717, 1.165) is 6.07 Å². The summed E-state index contributed by atoms with van der Waals surface area (Å²) in [5.41, 5.74) is 0.356. The first-order chi connectivity index (χ1) is 13.9. The molecule has 29 heavy (non-hydrogen) atoms. The van der Waals surface area contributed by atoms with Crippen LogP contribution in [-0.4, -0.2) is 30.6 Å². The highest BCUT2D eigenvalue weighted by molar-refractivity contribution is 7.86. The van der Waals surface area contributed by atoms with Gasteiger partial charge in [-0.15, -0.1) is 0 Å². The van der Waals surface area contributed by atoms with Crippen LogP contribution >= 0.6 is 0 Å². The van der Waals surface area contributed by atoms with Crippen molar-refractivity contribution in [2.45, 2.75) is 10.9 Å². The van der Waals surface area contributed by atoms with Crippen LogP contribution in [0.15, 0.2) is 100 Å². The van der Waals surface area contributed by atoms with E-state index in [2.05, 4.69) is 10.2 Å². The van der Waals surface area contributed by atoms with Crippen LogP contribution in [-0.2, 0) is 10.1 Å². The lowest BCUT2D eigenvalue weighted by molar-refractivity contribution is 0.0861. The van der Waals surface area contributed by atoms with E-state index >= 15 is 0 Å². The SMILES string of the molecule is O=C(c1ccccc1)C(N=Nc1ccccc1S(=O)(=O)O)C(=O)c1ccccc1. The monoisotopic (exact) mass is 408 g/mol. The average molecular weight is 408 g/mol. The van der Waals surface area contributed by atoms with Gasteiger partial charge in [0.1, 0.15) is 10.6 Å². The van der Waals surface area contributed by atoms with Crippen molar-refractivity contribution in [1.82, 2.24) is 0 Å². The van der Waals surface area contributed by atoms with Gasteiger partial charge in [0.05, 0.1) is 0 Å². The highest BCUT2D eigenvalue weighted by atomic mass is 32.2. The molecule has 7 nitrogen and oxygen atoms in total. The van der Waals surface area contributed by atoms with Crippen molar-refractivity contribution in [3.8, 4) is 0 Å². The van der Waals surface area contributed by atoms with Gasteiger partial charge in [-0.1, -0.05) is 72.8 Å². The minimum atomic E-state index is -4.55. The summed E-state index contributed by atoms with van der Waals surface area (Å²) >= 11 is 0. The van der Waals surface area contributed by atoms with Crippen molar-refractivity contribution >= 4 is 27.4 Å². The fraction of sp³-hybridized carbons (Fsp3) is 0.0476. The summed E-state index contributed by atoms with van der Waals surface area (Å²) in [6.45, 7) is 0. The molecule has 0 fully saturated rings. The molecule has 3 rings (SSSR count). The molecule has 0 bridgehead atoms. The number of Topliss-reactive ketones (excluding diaryl/α,β-unsaturated/α-hetero) is 2. The van der Waals surface area contributed by atoms with Crippen LogP contribution in [0.3, 0.4) is 0 Å². The Bertz CT molecular complexity index is 1110. The molecule has 0 aliphatic rings. The molecule has 0 spiro atoms. The third kappa shape index (κ3) is 4.87. The Morgan fingerprint density at radius 3 is 1.66 bits per heavy atom. The lowest BCUT2D eigenvalue weighted by Gasteiger charge is -2.10. The molecular formula is C21H16N2O5S. The third-order valence-electron chi connectivity index (χ3n) is 4.04. The first-order valence-electron chi connectivity index (χ1n) is 8.54. The van der Waals surface area contributed by atoms with Crippen molar-refractivity contribution < 1.29 is 22.6 Å². The smallest absolute Gasteiger partial charge is 0.291 e. The molecule has 0 atom stereocenters. The molecule has 0 aliphatic heterocycles. The Morgan fingerprint density at radius 1 is 0.724 bits per heavy atom. The van der Waals surface area contributed by atoms with Crippen molar-refractivity contribution in [3.05, 3.63) is 96.1 Å². The van der Waals surface area contributed by atoms with E-state index in [0.29, 0.717) is 0 Å². The molecule has 0 aliphatic carbocycles. The highest BCUT2D eigenvalue weighted by Crippen LogP contribution is 2.25. The summed E-state index contributed by atoms with van der Waals surface area (Å²) in [6, 6.07) is 20.1. The van der Waals surface area contributed by atoms with Gasteiger partial charge in [0.2, 0.25) is 0 Å². The van der Waals surface area contributed by atoms with Crippen molar-refractivity contribution in [3.63, 3.8) is 0 Å². The maximum Gasteiger partial charge on any atom is 0.296 e. The molecule has 1 N–H and O–H groups in total. The Morgan fingerprint density at radius 2 is 1.17 bits per heavy atom. The summed E-state index contributed by atoms with van der Waals surface area (Å²) in [5.74, 6) is -1.15. The van der Waals surface area contributed by atoms with E-state index in [4.69, 9.17) is 0 Å². The molecule has 3 aromatic rings. The number of ketones is 2. The van der Waals surface area contributed by atoms with Crippen LogP contribution in [0, 0.1) is 0 Å². The van der Waals surface area contributed by atoms with Crippen LogP contribution in [0.25, 0.3) is 0 Å². The lowest BCUT2D eigenvalue weighted by Crippen LogP contribution is -2.28. The number of carbonyl (C=O) groups is 2. The molecule has 0 saturated heterocycles. The van der Waals surface area contributed by atoms with Gasteiger partial charge in [0.25, 0.3) is 10.1 Å². The van der Waals surface area contributed by atoms with E-state index in [1.807, 2.05) is 0 Å². The zero-order valence-corrected chi connectivity index (χ0v) is 15.9. The second-order valence-electron chi connectivity index (χ2n) is 6.02.